The van der Waals surface area contributed by atoms with Crippen molar-refractivity contribution in [3.8, 4) is 0 Å². The summed E-state index contributed by atoms with van der Waals surface area (Å²) in [6.07, 6.45) is 0.792. The van der Waals surface area contributed by atoms with Gasteiger partial charge in [0.25, 0.3) is 0 Å². The van der Waals surface area contributed by atoms with Crippen LogP contribution in [0.4, 0.5) is 0 Å². The van der Waals surface area contributed by atoms with Crippen LogP contribution in [0.25, 0.3) is 0 Å². The molecule has 6 heteroatoms. The Kier molecular flexibility index (Phi) is 3.83. The van der Waals surface area contributed by atoms with Crippen LogP contribution in [0.3, 0.4) is 0 Å². The summed E-state index contributed by atoms with van der Waals surface area (Å²) < 4.78 is 1.40. The first-order valence-corrected chi connectivity index (χ1v) is 6.55. The molecule has 1 aromatic heterocycles. The topological polar surface area (TPSA) is 80.9 Å². The molecule has 0 bridgehead atoms. The summed E-state index contributed by atoms with van der Waals surface area (Å²) in [5, 5.41) is 20.9. The van der Waals surface area contributed by atoms with Gasteiger partial charge in [-0.3, -0.25) is 0 Å². The minimum absolute atomic E-state index is 0.0233. The van der Waals surface area contributed by atoms with E-state index in [9.17, 15) is 9.90 Å². The Balaban J connectivity index is 2.48. The van der Waals surface area contributed by atoms with E-state index in [0.717, 1.165) is 12.0 Å². The normalized spacial score (nSPS) is 13.2. The van der Waals surface area contributed by atoms with Crippen LogP contribution in [-0.2, 0) is 10.3 Å². The molecular formula is C14H18N4O2. The molecule has 20 heavy (non-hydrogen) atoms. The average molecular weight is 274 g/mol. The highest BCUT2D eigenvalue weighted by molar-refractivity contribution is 5.75. The molecule has 1 N–H and O–H groups in total. The molecule has 106 valence electrons. The van der Waals surface area contributed by atoms with Crippen LogP contribution in [0.5, 0.6) is 0 Å². The molecule has 0 fully saturated rings. The van der Waals surface area contributed by atoms with Crippen LogP contribution in [0.15, 0.2) is 30.3 Å². The number of carbonyl (C=O) groups is 1. The molecule has 0 spiro atoms. The molecule has 0 saturated heterocycles. The maximum Gasteiger partial charge on any atom is 0.331 e. The van der Waals surface area contributed by atoms with E-state index in [2.05, 4.69) is 15.5 Å². The third-order valence-electron chi connectivity index (χ3n) is 3.47. The molecule has 1 aromatic carbocycles. The number of hydrogen-bond donors (Lipinski definition) is 1. The van der Waals surface area contributed by atoms with E-state index in [1.807, 2.05) is 37.3 Å². The van der Waals surface area contributed by atoms with Gasteiger partial charge in [-0.2, -0.15) is 0 Å². The van der Waals surface area contributed by atoms with E-state index in [0.29, 0.717) is 5.82 Å². The number of aliphatic carboxylic acids is 1. The molecule has 0 aliphatic carbocycles. The van der Waals surface area contributed by atoms with Crippen LogP contribution >= 0.6 is 0 Å². The van der Waals surface area contributed by atoms with E-state index in [4.69, 9.17) is 0 Å². The quantitative estimate of drug-likeness (QED) is 0.902. The van der Waals surface area contributed by atoms with E-state index >= 15 is 0 Å². The van der Waals surface area contributed by atoms with Crippen molar-refractivity contribution < 1.29 is 9.90 Å². The van der Waals surface area contributed by atoms with Gasteiger partial charge in [-0.15, -0.1) is 5.10 Å². The highest BCUT2D eigenvalue weighted by Gasteiger charge is 2.35. The second kappa shape index (κ2) is 5.40. The number of tetrazole rings is 1. The van der Waals surface area contributed by atoms with Gasteiger partial charge in [0.1, 0.15) is 0 Å². The van der Waals surface area contributed by atoms with Gasteiger partial charge in [0, 0.05) is 5.92 Å². The van der Waals surface area contributed by atoms with Crippen molar-refractivity contribution in [3.63, 3.8) is 0 Å². The summed E-state index contributed by atoms with van der Waals surface area (Å²) in [4.78, 5) is 11.4. The summed E-state index contributed by atoms with van der Waals surface area (Å²) in [5.41, 5.74) is -0.103. The predicted molar refractivity (Wildman–Crippen MR) is 73.4 cm³/mol. The van der Waals surface area contributed by atoms with Crippen molar-refractivity contribution in [2.75, 3.05) is 0 Å². The number of benzene rings is 1. The summed E-state index contributed by atoms with van der Waals surface area (Å²) in [5.74, 6) is -0.412. The van der Waals surface area contributed by atoms with Gasteiger partial charge in [0.15, 0.2) is 11.4 Å². The Morgan fingerprint density at radius 3 is 2.55 bits per heavy atom. The average Bonchev–Trinajstić information content (AvgIpc) is 2.90. The summed E-state index contributed by atoms with van der Waals surface area (Å²) in [7, 11) is 0. The molecule has 1 heterocycles. The zero-order chi connectivity index (χ0) is 14.8. The Labute approximate surface area is 117 Å². The van der Waals surface area contributed by atoms with Gasteiger partial charge in [0.05, 0.1) is 0 Å². The van der Waals surface area contributed by atoms with Crippen LogP contribution < -0.4 is 0 Å². The predicted octanol–water partition coefficient (Wildman–Crippen LogP) is 2.03. The number of hydrogen-bond acceptors (Lipinski definition) is 4. The fraction of sp³-hybridized carbons (Fsp3) is 0.429. The summed E-state index contributed by atoms with van der Waals surface area (Å²) in [6, 6.07) is 9.85. The van der Waals surface area contributed by atoms with Crippen LogP contribution in [0.1, 0.15) is 44.5 Å². The molecule has 1 atom stereocenters. The van der Waals surface area contributed by atoms with Crippen molar-refractivity contribution in [3.05, 3.63) is 41.7 Å². The number of carboxylic acids is 1. The van der Waals surface area contributed by atoms with Crippen molar-refractivity contribution in [2.24, 2.45) is 0 Å². The highest BCUT2D eigenvalue weighted by atomic mass is 16.4. The Morgan fingerprint density at radius 2 is 2.00 bits per heavy atom. The monoisotopic (exact) mass is 274 g/mol. The van der Waals surface area contributed by atoms with Gasteiger partial charge in [0.2, 0.25) is 0 Å². The first-order valence-electron chi connectivity index (χ1n) is 6.55. The molecule has 0 aliphatic rings. The van der Waals surface area contributed by atoms with E-state index in [-0.39, 0.29) is 5.92 Å². The largest absolute Gasteiger partial charge is 0.479 e. The first kappa shape index (κ1) is 14.2. The maximum atomic E-state index is 11.4. The van der Waals surface area contributed by atoms with Crippen LogP contribution in [-0.4, -0.2) is 31.3 Å². The second-order valence-electron chi connectivity index (χ2n) is 5.18. The molecular weight excluding hydrogens is 256 g/mol. The number of nitrogens with zero attached hydrogens (tertiary/aromatic N) is 4. The van der Waals surface area contributed by atoms with E-state index < -0.39 is 11.5 Å². The Hall–Kier alpha value is -2.24. The smallest absolute Gasteiger partial charge is 0.331 e. The lowest BCUT2D eigenvalue weighted by atomic mass is 9.94. The lowest BCUT2D eigenvalue weighted by molar-refractivity contribution is -0.146. The third kappa shape index (κ3) is 2.41. The maximum absolute atomic E-state index is 11.4. The van der Waals surface area contributed by atoms with Crippen LogP contribution in [0.2, 0.25) is 0 Å². The zero-order valence-electron chi connectivity index (χ0n) is 11.8. The minimum Gasteiger partial charge on any atom is -0.479 e. The first-order chi connectivity index (χ1) is 9.48. The number of rotatable bonds is 5. The summed E-state index contributed by atoms with van der Waals surface area (Å²) in [6.45, 7) is 5.21. The lowest BCUT2D eigenvalue weighted by Gasteiger charge is -2.23. The van der Waals surface area contributed by atoms with Gasteiger partial charge < -0.3 is 5.11 Å². The SMILES string of the molecule is CCC(c1ccccc1)c1nnnn1C(C)(C)C(=O)O. The van der Waals surface area contributed by atoms with Gasteiger partial charge in [-0.25, -0.2) is 9.48 Å². The third-order valence-corrected chi connectivity index (χ3v) is 3.47. The Bertz CT molecular complexity index is 592. The minimum atomic E-state index is -1.18. The standard InChI is InChI=1S/C14H18N4O2/c1-4-11(10-8-6-5-7-9-10)12-15-16-17-18(12)14(2,3)13(19)20/h5-9,11H,4H2,1-3H3,(H,19,20). The fourth-order valence-corrected chi connectivity index (χ4v) is 2.15. The van der Waals surface area contributed by atoms with Crippen molar-refractivity contribution in [1.29, 1.82) is 0 Å². The van der Waals surface area contributed by atoms with E-state index in [1.165, 1.54) is 4.68 Å². The molecule has 0 aliphatic heterocycles. The Morgan fingerprint density at radius 1 is 1.35 bits per heavy atom. The summed E-state index contributed by atoms with van der Waals surface area (Å²) >= 11 is 0. The molecule has 1 unspecified atom stereocenters. The van der Waals surface area contributed by atoms with Crippen LogP contribution in [0, 0.1) is 0 Å². The molecule has 2 aromatic rings. The second-order valence-corrected chi connectivity index (χ2v) is 5.18. The van der Waals surface area contributed by atoms with Crippen molar-refractivity contribution in [1.82, 2.24) is 20.2 Å². The number of aromatic nitrogens is 4. The van der Waals surface area contributed by atoms with Gasteiger partial charge in [-0.1, -0.05) is 37.3 Å². The van der Waals surface area contributed by atoms with Gasteiger partial charge in [-0.05, 0) is 36.3 Å². The lowest BCUT2D eigenvalue weighted by Crippen LogP contribution is -2.38. The number of carboxylic acid groups (broad SMARTS) is 1. The fourth-order valence-electron chi connectivity index (χ4n) is 2.15. The van der Waals surface area contributed by atoms with E-state index in [1.54, 1.807) is 13.8 Å². The molecule has 2 rings (SSSR count). The highest BCUT2D eigenvalue weighted by Crippen LogP contribution is 2.28. The van der Waals surface area contributed by atoms with Gasteiger partial charge >= 0.3 is 5.97 Å². The van der Waals surface area contributed by atoms with Crippen molar-refractivity contribution in [2.45, 2.75) is 38.6 Å². The zero-order valence-corrected chi connectivity index (χ0v) is 11.8. The molecule has 0 radical (unpaired) electrons. The van der Waals surface area contributed by atoms with Crippen molar-refractivity contribution >= 4 is 5.97 Å². The molecule has 0 saturated carbocycles. The molecule has 6 nitrogen and oxygen atoms in total. The molecule has 0 amide bonds.